The van der Waals surface area contributed by atoms with Gasteiger partial charge in [0.05, 0.1) is 0 Å². The SMILES string of the molecule is CCC(C)C(NS(=O)(=O)c1c(F)cccc1F)C(=O)O. The van der Waals surface area contributed by atoms with Gasteiger partial charge in [-0.25, -0.2) is 17.2 Å². The molecule has 0 heterocycles. The van der Waals surface area contributed by atoms with E-state index in [1.165, 1.54) is 6.92 Å². The molecule has 2 atom stereocenters. The number of aliphatic carboxylic acids is 1. The van der Waals surface area contributed by atoms with Crippen LogP contribution in [0.2, 0.25) is 0 Å². The van der Waals surface area contributed by atoms with Gasteiger partial charge in [-0.2, -0.15) is 4.72 Å². The molecule has 0 bridgehead atoms. The fourth-order valence-electron chi connectivity index (χ4n) is 1.61. The highest BCUT2D eigenvalue weighted by Gasteiger charge is 2.32. The molecular formula is C12H15F2NO4S. The minimum atomic E-state index is -4.60. The first-order valence-electron chi connectivity index (χ1n) is 5.89. The van der Waals surface area contributed by atoms with Crippen molar-refractivity contribution in [1.82, 2.24) is 4.72 Å². The molecule has 0 fully saturated rings. The number of nitrogens with one attached hydrogen (secondary N) is 1. The van der Waals surface area contributed by atoms with Crippen molar-refractivity contribution in [3.05, 3.63) is 29.8 Å². The second kappa shape index (κ2) is 6.27. The predicted octanol–water partition coefficient (Wildman–Crippen LogP) is 1.74. The summed E-state index contributed by atoms with van der Waals surface area (Å²) in [6.45, 7) is 3.21. The maximum atomic E-state index is 13.5. The molecule has 1 aromatic carbocycles. The number of carboxylic acids is 1. The molecule has 0 saturated carbocycles. The molecule has 0 aromatic heterocycles. The number of hydrogen-bond acceptors (Lipinski definition) is 3. The smallest absolute Gasteiger partial charge is 0.322 e. The third kappa shape index (κ3) is 3.51. The summed E-state index contributed by atoms with van der Waals surface area (Å²) in [5.74, 6) is -4.48. The largest absolute Gasteiger partial charge is 0.480 e. The Kier molecular flexibility index (Phi) is 5.18. The zero-order valence-corrected chi connectivity index (χ0v) is 11.7. The zero-order valence-electron chi connectivity index (χ0n) is 10.9. The molecule has 2 unspecified atom stereocenters. The Morgan fingerprint density at radius 2 is 1.85 bits per heavy atom. The highest BCUT2D eigenvalue weighted by atomic mass is 32.2. The van der Waals surface area contributed by atoms with Crippen LogP contribution in [0.3, 0.4) is 0 Å². The third-order valence-electron chi connectivity index (χ3n) is 2.95. The zero-order chi connectivity index (χ0) is 15.5. The van der Waals surface area contributed by atoms with Crippen molar-refractivity contribution < 1.29 is 27.1 Å². The Morgan fingerprint density at radius 1 is 1.35 bits per heavy atom. The van der Waals surface area contributed by atoms with Crippen molar-refractivity contribution in [3.63, 3.8) is 0 Å². The summed E-state index contributed by atoms with van der Waals surface area (Å²) in [5, 5.41) is 9.01. The molecule has 5 nitrogen and oxygen atoms in total. The normalized spacial score (nSPS) is 14.8. The number of hydrogen-bond donors (Lipinski definition) is 2. The molecule has 0 aliphatic heterocycles. The van der Waals surface area contributed by atoms with Gasteiger partial charge in [0, 0.05) is 0 Å². The molecule has 0 aliphatic rings. The van der Waals surface area contributed by atoms with Gasteiger partial charge in [-0.1, -0.05) is 26.3 Å². The second-order valence-corrected chi connectivity index (χ2v) is 6.02. The number of sulfonamides is 1. The third-order valence-corrected chi connectivity index (χ3v) is 4.44. The van der Waals surface area contributed by atoms with Crippen LogP contribution in [0.15, 0.2) is 23.1 Å². The maximum Gasteiger partial charge on any atom is 0.322 e. The average Bonchev–Trinajstić information content (AvgIpc) is 2.34. The molecule has 2 N–H and O–H groups in total. The van der Waals surface area contributed by atoms with Crippen LogP contribution in [0.5, 0.6) is 0 Å². The summed E-state index contributed by atoms with van der Waals surface area (Å²) in [7, 11) is -4.60. The molecule has 1 rings (SSSR count). The fourth-order valence-corrected chi connectivity index (χ4v) is 3.05. The lowest BCUT2D eigenvalue weighted by Crippen LogP contribution is -2.45. The van der Waals surface area contributed by atoms with E-state index in [9.17, 15) is 22.0 Å². The van der Waals surface area contributed by atoms with E-state index in [1.54, 1.807) is 6.92 Å². The van der Waals surface area contributed by atoms with Crippen LogP contribution in [0, 0.1) is 17.6 Å². The first kappa shape index (κ1) is 16.5. The standard InChI is InChI=1S/C12H15F2NO4S/c1-3-7(2)10(12(16)17)15-20(18,19)11-8(13)5-4-6-9(11)14/h4-7,10,15H,3H2,1-2H3,(H,16,17). The number of rotatable bonds is 6. The summed E-state index contributed by atoms with van der Waals surface area (Å²) >= 11 is 0. The van der Waals surface area contributed by atoms with Crippen LogP contribution < -0.4 is 4.72 Å². The molecule has 8 heteroatoms. The van der Waals surface area contributed by atoms with Gasteiger partial charge in [-0.05, 0) is 18.1 Å². The summed E-state index contributed by atoms with van der Waals surface area (Å²) in [6.07, 6.45) is 0.388. The molecule has 0 spiro atoms. The highest BCUT2D eigenvalue weighted by molar-refractivity contribution is 7.89. The average molecular weight is 307 g/mol. The number of carbonyl (C=O) groups is 1. The number of halogens is 2. The predicted molar refractivity (Wildman–Crippen MR) is 67.6 cm³/mol. The molecule has 0 radical (unpaired) electrons. The molecule has 1 aromatic rings. The molecule has 20 heavy (non-hydrogen) atoms. The number of benzene rings is 1. The molecular weight excluding hydrogens is 292 g/mol. The van der Waals surface area contributed by atoms with Crippen LogP contribution in [0.4, 0.5) is 8.78 Å². The Morgan fingerprint density at radius 3 is 2.25 bits per heavy atom. The highest BCUT2D eigenvalue weighted by Crippen LogP contribution is 2.20. The minimum Gasteiger partial charge on any atom is -0.480 e. The van der Waals surface area contributed by atoms with Crippen molar-refractivity contribution in [2.24, 2.45) is 5.92 Å². The Hall–Kier alpha value is -1.54. The van der Waals surface area contributed by atoms with E-state index in [-0.39, 0.29) is 0 Å². The first-order valence-corrected chi connectivity index (χ1v) is 7.38. The minimum absolute atomic E-state index is 0.388. The van der Waals surface area contributed by atoms with Gasteiger partial charge in [0.2, 0.25) is 10.0 Å². The number of carboxylic acid groups (broad SMARTS) is 1. The summed E-state index contributed by atoms with van der Waals surface area (Å²) in [5.41, 5.74) is 0. The van der Waals surface area contributed by atoms with Crippen LogP contribution >= 0.6 is 0 Å². The quantitative estimate of drug-likeness (QED) is 0.838. The lowest BCUT2D eigenvalue weighted by Gasteiger charge is -2.20. The van der Waals surface area contributed by atoms with Gasteiger partial charge in [0.15, 0.2) is 4.90 Å². The van der Waals surface area contributed by atoms with Crippen molar-refractivity contribution in [2.75, 3.05) is 0 Å². The van der Waals surface area contributed by atoms with Crippen LogP contribution in [0.25, 0.3) is 0 Å². The lowest BCUT2D eigenvalue weighted by atomic mass is 10.0. The van der Waals surface area contributed by atoms with Crippen molar-refractivity contribution >= 4 is 16.0 Å². The van der Waals surface area contributed by atoms with E-state index in [1.807, 2.05) is 4.72 Å². The molecule has 0 saturated heterocycles. The fraction of sp³-hybridized carbons (Fsp3) is 0.417. The van der Waals surface area contributed by atoms with E-state index in [0.29, 0.717) is 6.42 Å². The maximum absolute atomic E-state index is 13.5. The topological polar surface area (TPSA) is 83.5 Å². The van der Waals surface area contributed by atoms with E-state index in [4.69, 9.17) is 5.11 Å². The van der Waals surface area contributed by atoms with Crippen LogP contribution in [-0.2, 0) is 14.8 Å². The van der Waals surface area contributed by atoms with Gasteiger partial charge in [-0.15, -0.1) is 0 Å². The van der Waals surface area contributed by atoms with E-state index >= 15 is 0 Å². The van der Waals surface area contributed by atoms with Crippen LogP contribution in [-0.4, -0.2) is 25.5 Å². The van der Waals surface area contributed by atoms with Gasteiger partial charge >= 0.3 is 5.97 Å². The van der Waals surface area contributed by atoms with Crippen molar-refractivity contribution in [1.29, 1.82) is 0 Å². The second-order valence-electron chi connectivity index (χ2n) is 4.37. The Bertz CT molecular complexity index is 583. The first-order chi connectivity index (χ1) is 9.20. The van der Waals surface area contributed by atoms with Crippen molar-refractivity contribution in [3.8, 4) is 0 Å². The van der Waals surface area contributed by atoms with Gasteiger partial charge in [-0.3, -0.25) is 4.79 Å². The summed E-state index contributed by atoms with van der Waals surface area (Å²) < 4.78 is 52.7. The Labute approximate surface area is 115 Å². The lowest BCUT2D eigenvalue weighted by molar-refractivity contribution is -0.140. The molecule has 0 aliphatic carbocycles. The van der Waals surface area contributed by atoms with Gasteiger partial charge in [0.1, 0.15) is 17.7 Å². The van der Waals surface area contributed by atoms with E-state index < -0.39 is 44.5 Å². The van der Waals surface area contributed by atoms with Gasteiger partial charge in [0.25, 0.3) is 0 Å². The van der Waals surface area contributed by atoms with Crippen LogP contribution in [0.1, 0.15) is 20.3 Å². The van der Waals surface area contributed by atoms with Crippen molar-refractivity contribution in [2.45, 2.75) is 31.2 Å². The molecule has 0 amide bonds. The monoisotopic (exact) mass is 307 g/mol. The van der Waals surface area contributed by atoms with E-state index in [2.05, 4.69) is 0 Å². The summed E-state index contributed by atoms with van der Waals surface area (Å²) in [4.78, 5) is 9.89. The Balaban J connectivity index is 3.20. The summed E-state index contributed by atoms with van der Waals surface area (Å²) in [6, 6.07) is 1.14. The molecule has 112 valence electrons. The van der Waals surface area contributed by atoms with Gasteiger partial charge < -0.3 is 5.11 Å². The van der Waals surface area contributed by atoms with E-state index in [0.717, 1.165) is 18.2 Å².